The van der Waals surface area contributed by atoms with Crippen LogP contribution in [-0.2, 0) is 36.8 Å². The van der Waals surface area contributed by atoms with Gasteiger partial charge < -0.3 is 35.5 Å². The van der Waals surface area contributed by atoms with Gasteiger partial charge in [-0.05, 0) is 77.4 Å². The third-order valence-corrected chi connectivity index (χ3v) is 9.19. The molecule has 290 valence electrons. The van der Waals surface area contributed by atoms with E-state index in [1.807, 2.05) is 60.7 Å². The standard InChI is InChI=1S/C43H51N5O7/c1-8-15-30-23-28-17-10-12-19-32(28)37(39(30)53-5)38-33-20-13-11-18-29(33)24-31(40(38)54-6)25-36(46-27(4)49)42(51)47-34(21-14-22-45-26(3)44)41(50)48-35(16-9-2)43(52)55-7/h8-13,17-20,23-24,34-36H,1-2,14-16,21-22,25H2,3-7H3,(H2,44,45)(H,46,49)(H,47,51)(H,48,50)/t34-,35-,36?/m0/s1. The SMILES string of the molecule is C=CCc1cc2ccccc2c(-c2c(OC)c(CC(NC(C)=O)C(=O)N[C@@H](CCCNC(C)=N)C(=O)N[C@@H](CC=C)C(=O)OC)cc3ccccc23)c1OC. The van der Waals surface area contributed by atoms with Gasteiger partial charge in [-0.15, -0.1) is 13.2 Å². The van der Waals surface area contributed by atoms with Crippen molar-refractivity contribution in [2.75, 3.05) is 27.9 Å². The summed E-state index contributed by atoms with van der Waals surface area (Å²) >= 11 is 0. The highest BCUT2D eigenvalue weighted by Crippen LogP contribution is 2.48. The van der Waals surface area contributed by atoms with Crippen LogP contribution in [0.15, 0.2) is 86.0 Å². The van der Waals surface area contributed by atoms with Gasteiger partial charge >= 0.3 is 5.97 Å². The van der Waals surface area contributed by atoms with Crippen molar-refractivity contribution < 1.29 is 33.4 Å². The van der Waals surface area contributed by atoms with E-state index in [2.05, 4.69) is 40.5 Å². The second kappa shape index (κ2) is 19.8. The summed E-state index contributed by atoms with van der Waals surface area (Å²) in [6.07, 6.45) is 4.57. The Morgan fingerprint density at radius 1 is 0.745 bits per heavy atom. The van der Waals surface area contributed by atoms with Crippen LogP contribution < -0.4 is 30.7 Å². The van der Waals surface area contributed by atoms with Crippen molar-refractivity contribution in [3.05, 3.63) is 97.1 Å². The zero-order chi connectivity index (χ0) is 40.1. The summed E-state index contributed by atoms with van der Waals surface area (Å²) in [5.41, 5.74) is 3.15. The number of amidine groups is 1. The van der Waals surface area contributed by atoms with Crippen molar-refractivity contribution in [3.63, 3.8) is 0 Å². The summed E-state index contributed by atoms with van der Waals surface area (Å²) in [5, 5.41) is 22.6. The van der Waals surface area contributed by atoms with Gasteiger partial charge in [-0.3, -0.25) is 19.8 Å². The molecule has 4 aromatic rings. The number of benzene rings is 4. The molecule has 0 saturated carbocycles. The first-order valence-electron chi connectivity index (χ1n) is 18.1. The second-order valence-corrected chi connectivity index (χ2v) is 13.1. The summed E-state index contributed by atoms with van der Waals surface area (Å²) in [5.74, 6) is -0.912. The molecule has 3 amide bonds. The number of ether oxygens (including phenoxy) is 3. The second-order valence-electron chi connectivity index (χ2n) is 13.1. The van der Waals surface area contributed by atoms with Gasteiger partial charge in [0.15, 0.2) is 0 Å². The predicted octanol–water partition coefficient (Wildman–Crippen LogP) is 5.54. The molecule has 0 aliphatic heterocycles. The van der Waals surface area contributed by atoms with Crippen molar-refractivity contribution in [3.8, 4) is 22.6 Å². The fourth-order valence-electron chi connectivity index (χ4n) is 6.79. The minimum atomic E-state index is -1.13. The Morgan fingerprint density at radius 2 is 1.29 bits per heavy atom. The van der Waals surface area contributed by atoms with Crippen LogP contribution in [0.4, 0.5) is 0 Å². The lowest BCUT2D eigenvalue weighted by atomic mass is 9.87. The number of fused-ring (bicyclic) bond motifs is 2. The first-order valence-corrected chi connectivity index (χ1v) is 18.1. The molecular formula is C43H51N5O7. The molecule has 1 unspecified atom stereocenters. The fraction of sp³-hybridized carbons (Fsp3) is 0.326. The number of carbonyl (C=O) groups excluding carboxylic acids is 4. The van der Waals surface area contributed by atoms with Gasteiger partial charge in [-0.25, -0.2) is 4.79 Å². The van der Waals surface area contributed by atoms with Gasteiger partial charge in [-0.1, -0.05) is 60.7 Å². The van der Waals surface area contributed by atoms with Crippen molar-refractivity contribution >= 4 is 51.1 Å². The summed E-state index contributed by atoms with van der Waals surface area (Å²) in [4.78, 5) is 52.9. The lowest BCUT2D eigenvalue weighted by molar-refractivity contribution is -0.145. The summed E-state index contributed by atoms with van der Waals surface area (Å²) < 4.78 is 17.2. The Hall–Kier alpha value is -6.17. The van der Waals surface area contributed by atoms with E-state index in [4.69, 9.17) is 19.6 Å². The van der Waals surface area contributed by atoms with E-state index in [1.165, 1.54) is 20.1 Å². The average Bonchev–Trinajstić information content (AvgIpc) is 3.16. The van der Waals surface area contributed by atoms with Gasteiger partial charge in [0, 0.05) is 31.0 Å². The molecule has 0 bridgehead atoms. The van der Waals surface area contributed by atoms with Crippen LogP contribution in [0, 0.1) is 5.41 Å². The molecule has 3 atom stereocenters. The quantitative estimate of drug-likeness (QED) is 0.0274. The third-order valence-electron chi connectivity index (χ3n) is 9.19. The highest BCUT2D eigenvalue weighted by Gasteiger charge is 2.31. The molecule has 12 nitrogen and oxygen atoms in total. The van der Waals surface area contributed by atoms with Gasteiger partial charge in [-0.2, -0.15) is 0 Å². The van der Waals surface area contributed by atoms with Crippen LogP contribution in [0.1, 0.15) is 44.2 Å². The molecule has 0 aliphatic carbocycles. The number of amides is 3. The number of methoxy groups -OCH3 is 3. The van der Waals surface area contributed by atoms with Gasteiger partial charge in [0.25, 0.3) is 0 Å². The summed E-state index contributed by atoms with van der Waals surface area (Å²) in [7, 11) is 4.42. The van der Waals surface area contributed by atoms with Crippen LogP contribution >= 0.6 is 0 Å². The Labute approximate surface area is 322 Å². The zero-order valence-corrected chi connectivity index (χ0v) is 32.2. The highest BCUT2D eigenvalue weighted by molar-refractivity contribution is 6.11. The number of carbonyl (C=O) groups is 4. The Bertz CT molecular complexity index is 2080. The Balaban J connectivity index is 1.83. The number of allylic oxidation sites excluding steroid dienone is 1. The summed E-state index contributed by atoms with van der Waals surface area (Å²) in [6.45, 7) is 10.9. The minimum Gasteiger partial charge on any atom is -0.496 e. The first-order chi connectivity index (χ1) is 26.5. The number of hydrogen-bond acceptors (Lipinski definition) is 8. The molecule has 0 heterocycles. The minimum absolute atomic E-state index is 0.00313. The van der Waals surface area contributed by atoms with Crippen LogP contribution in [0.25, 0.3) is 32.7 Å². The molecule has 55 heavy (non-hydrogen) atoms. The number of rotatable bonds is 19. The third kappa shape index (κ3) is 10.3. The normalized spacial score (nSPS) is 12.5. The van der Waals surface area contributed by atoms with E-state index in [9.17, 15) is 19.2 Å². The van der Waals surface area contributed by atoms with E-state index in [-0.39, 0.29) is 25.1 Å². The molecule has 0 aliphatic rings. The highest BCUT2D eigenvalue weighted by atomic mass is 16.5. The molecule has 0 spiro atoms. The van der Waals surface area contributed by atoms with Crippen molar-refractivity contribution in [1.82, 2.24) is 21.3 Å². The first kappa shape index (κ1) is 41.6. The predicted molar refractivity (Wildman–Crippen MR) is 217 cm³/mol. The van der Waals surface area contributed by atoms with Gasteiger partial charge in [0.1, 0.15) is 29.6 Å². The van der Waals surface area contributed by atoms with Gasteiger partial charge in [0.05, 0.1) is 27.2 Å². The lowest BCUT2D eigenvalue weighted by Gasteiger charge is -2.26. The van der Waals surface area contributed by atoms with E-state index in [0.29, 0.717) is 36.4 Å². The number of hydrogen-bond donors (Lipinski definition) is 5. The van der Waals surface area contributed by atoms with E-state index in [0.717, 1.165) is 38.2 Å². The lowest BCUT2D eigenvalue weighted by Crippen LogP contribution is -2.56. The number of nitrogens with one attached hydrogen (secondary N) is 5. The molecule has 0 aromatic heterocycles. The fourth-order valence-corrected chi connectivity index (χ4v) is 6.79. The van der Waals surface area contributed by atoms with Gasteiger partial charge in [0.2, 0.25) is 17.7 Å². The Morgan fingerprint density at radius 3 is 1.82 bits per heavy atom. The zero-order valence-electron chi connectivity index (χ0n) is 32.2. The Kier molecular flexibility index (Phi) is 15.0. The van der Waals surface area contributed by atoms with Crippen molar-refractivity contribution in [2.45, 2.75) is 64.1 Å². The molecule has 0 saturated heterocycles. The molecule has 0 radical (unpaired) electrons. The number of esters is 1. The topological polar surface area (TPSA) is 168 Å². The van der Waals surface area contributed by atoms with Crippen molar-refractivity contribution in [2.24, 2.45) is 0 Å². The summed E-state index contributed by atoms with van der Waals surface area (Å²) in [6, 6.07) is 16.7. The van der Waals surface area contributed by atoms with E-state index < -0.39 is 41.8 Å². The molecule has 12 heteroatoms. The maximum Gasteiger partial charge on any atom is 0.328 e. The monoisotopic (exact) mass is 749 g/mol. The molecule has 5 N–H and O–H groups in total. The largest absolute Gasteiger partial charge is 0.496 e. The van der Waals surface area contributed by atoms with Crippen LogP contribution in [-0.4, -0.2) is 75.5 Å². The molecule has 0 fully saturated rings. The smallest absolute Gasteiger partial charge is 0.328 e. The van der Waals surface area contributed by atoms with Crippen molar-refractivity contribution in [1.29, 1.82) is 5.41 Å². The van der Waals surface area contributed by atoms with E-state index in [1.54, 1.807) is 21.1 Å². The molecule has 4 aromatic carbocycles. The average molecular weight is 750 g/mol. The van der Waals surface area contributed by atoms with E-state index >= 15 is 0 Å². The molecular weight excluding hydrogens is 699 g/mol. The van der Waals surface area contributed by atoms with Crippen LogP contribution in [0.3, 0.4) is 0 Å². The van der Waals surface area contributed by atoms with Crippen LogP contribution in [0.5, 0.6) is 11.5 Å². The van der Waals surface area contributed by atoms with Crippen LogP contribution in [0.2, 0.25) is 0 Å². The maximum atomic E-state index is 14.2. The molecule has 4 rings (SSSR count). The maximum absolute atomic E-state index is 14.2.